The van der Waals surface area contributed by atoms with Crippen LogP contribution in [0.25, 0.3) is 16.6 Å². The van der Waals surface area contributed by atoms with Crippen molar-refractivity contribution in [3.05, 3.63) is 94.3 Å². The van der Waals surface area contributed by atoms with Gasteiger partial charge in [-0.1, -0.05) is 36.4 Å². The smallest absolute Gasteiger partial charge is 0.276 e. The van der Waals surface area contributed by atoms with Gasteiger partial charge >= 0.3 is 0 Å². The quantitative estimate of drug-likeness (QED) is 0.503. The summed E-state index contributed by atoms with van der Waals surface area (Å²) in [7, 11) is 3.11. The maximum Gasteiger partial charge on any atom is 0.276 e. The van der Waals surface area contributed by atoms with Crippen LogP contribution in [0.3, 0.4) is 0 Å². The predicted molar refractivity (Wildman–Crippen MR) is 123 cm³/mol. The minimum absolute atomic E-state index is 0.167. The molecule has 4 aromatic rings. The molecule has 0 aliphatic heterocycles. The molecule has 0 aliphatic carbocycles. The van der Waals surface area contributed by atoms with E-state index in [0.717, 1.165) is 11.3 Å². The monoisotopic (exact) mass is 429 g/mol. The summed E-state index contributed by atoms with van der Waals surface area (Å²) in [4.78, 5) is 26.2. The van der Waals surface area contributed by atoms with Crippen molar-refractivity contribution >= 4 is 16.8 Å². The highest BCUT2D eigenvalue weighted by Gasteiger charge is 2.20. The Kier molecular flexibility index (Phi) is 5.89. The number of methoxy groups -OCH3 is 2. The zero-order chi connectivity index (χ0) is 22.7. The van der Waals surface area contributed by atoms with Gasteiger partial charge < -0.3 is 14.8 Å². The second-order valence-electron chi connectivity index (χ2n) is 7.25. The van der Waals surface area contributed by atoms with Gasteiger partial charge in [0.1, 0.15) is 0 Å². The first-order chi connectivity index (χ1) is 15.5. The minimum Gasteiger partial charge on any atom is -0.493 e. The molecule has 0 saturated heterocycles. The number of para-hydroxylation sites is 2. The first kappa shape index (κ1) is 21.1. The minimum atomic E-state index is -0.548. The van der Waals surface area contributed by atoms with Crippen molar-refractivity contribution in [1.82, 2.24) is 15.1 Å². The number of nitrogens with zero attached hydrogens (tertiary/aromatic N) is 2. The lowest BCUT2D eigenvalue weighted by atomic mass is 10.1. The van der Waals surface area contributed by atoms with Crippen molar-refractivity contribution in [2.75, 3.05) is 14.2 Å². The molecular weight excluding hydrogens is 406 g/mol. The van der Waals surface area contributed by atoms with Gasteiger partial charge in [0.05, 0.1) is 36.9 Å². The molecule has 0 fully saturated rings. The number of carbonyl (C=O) groups is 1. The fraction of sp³-hybridized carbons (Fsp3) is 0.160. The van der Waals surface area contributed by atoms with Crippen LogP contribution >= 0.6 is 0 Å². The molecule has 4 rings (SSSR count). The number of nitrogens with one attached hydrogen (secondary N) is 1. The Labute approximate surface area is 185 Å². The molecule has 0 aliphatic rings. The average Bonchev–Trinajstić information content (AvgIpc) is 2.84. The van der Waals surface area contributed by atoms with Gasteiger partial charge in [-0.2, -0.15) is 5.10 Å². The van der Waals surface area contributed by atoms with Gasteiger partial charge in [-0.15, -0.1) is 0 Å². The van der Waals surface area contributed by atoms with E-state index in [1.165, 1.54) is 0 Å². The second-order valence-corrected chi connectivity index (χ2v) is 7.25. The van der Waals surface area contributed by atoms with Crippen LogP contribution in [0.5, 0.6) is 11.5 Å². The first-order valence-electron chi connectivity index (χ1n) is 10.1. The summed E-state index contributed by atoms with van der Waals surface area (Å²) in [6.45, 7) is 1.83. The normalized spacial score (nSPS) is 11.7. The van der Waals surface area contributed by atoms with Crippen molar-refractivity contribution in [3.63, 3.8) is 0 Å². The second kappa shape index (κ2) is 8.93. The maximum absolute atomic E-state index is 13.1. The predicted octanol–water partition coefficient (Wildman–Crippen LogP) is 3.89. The molecule has 1 atom stereocenters. The van der Waals surface area contributed by atoms with E-state index in [1.54, 1.807) is 43.2 Å². The molecule has 162 valence electrons. The fourth-order valence-electron chi connectivity index (χ4n) is 3.56. The van der Waals surface area contributed by atoms with Crippen LogP contribution in [0.15, 0.2) is 77.6 Å². The summed E-state index contributed by atoms with van der Waals surface area (Å²) in [6, 6.07) is 21.5. The molecule has 32 heavy (non-hydrogen) atoms. The molecule has 0 radical (unpaired) electrons. The number of aromatic nitrogens is 2. The van der Waals surface area contributed by atoms with Gasteiger partial charge in [-0.25, -0.2) is 4.68 Å². The van der Waals surface area contributed by atoms with E-state index in [-0.39, 0.29) is 11.7 Å². The van der Waals surface area contributed by atoms with Crippen LogP contribution in [-0.4, -0.2) is 29.9 Å². The van der Waals surface area contributed by atoms with Crippen molar-refractivity contribution in [2.24, 2.45) is 0 Å². The average molecular weight is 429 g/mol. The number of carbonyl (C=O) groups excluding carboxylic acids is 1. The molecule has 1 aromatic heterocycles. The molecular formula is C25H23N3O4. The van der Waals surface area contributed by atoms with Crippen LogP contribution in [0.2, 0.25) is 0 Å². The van der Waals surface area contributed by atoms with E-state index in [4.69, 9.17) is 9.47 Å². The summed E-state index contributed by atoms with van der Waals surface area (Å²) in [5.74, 6) is 0.603. The Morgan fingerprint density at radius 2 is 1.62 bits per heavy atom. The third-order valence-corrected chi connectivity index (χ3v) is 5.26. The van der Waals surface area contributed by atoms with Gasteiger partial charge in [0, 0.05) is 0 Å². The number of benzene rings is 3. The summed E-state index contributed by atoms with van der Waals surface area (Å²) < 4.78 is 12.2. The van der Waals surface area contributed by atoms with Gasteiger partial charge in [-0.3, -0.25) is 9.59 Å². The number of hydrogen-bond donors (Lipinski definition) is 1. The number of rotatable bonds is 6. The largest absolute Gasteiger partial charge is 0.493 e. The van der Waals surface area contributed by atoms with Gasteiger partial charge in [0.15, 0.2) is 17.2 Å². The molecule has 0 bridgehead atoms. The van der Waals surface area contributed by atoms with Crippen molar-refractivity contribution in [1.29, 1.82) is 0 Å². The topological polar surface area (TPSA) is 82.5 Å². The lowest BCUT2D eigenvalue weighted by Crippen LogP contribution is -2.33. The van der Waals surface area contributed by atoms with Crippen molar-refractivity contribution < 1.29 is 14.3 Å². The molecule has 3 aromatic carbocycles. The van der Waals surface area contributed by atoms with Crippen molar-refractivity contribution in [2.45, 2.75) is 13.0 Å². The number of ether oxygens (including phenoxy) is 2. The Hall–Kier alpha value is -4.13. The van der Waals surface area contributed by atoms with Gasteiger partial charge in [0.25, 0.3) is 5.91 Å². The van der Waals surface area contributed by atoms with E-state index < -0.39 is 11.3 Å². The standard InChI is InChI=1S/C25H23N3O4/c1-16(17-13-14-21(31-2)22(15-17)32-3)26-25(30)23-24(29)19-11-7-8-12-20(19)28(27-23)18-9-5-4-6-10-18/h4-16H,1-3H3,(H,26,30)/t16-/m0/s1. The highest BCUT2D eigenvalue weighted by molar-refractivity contribution is 5.95. The highest BCUT2D eigenvalue weighted by atomic mass is 16.5. The molecule has 7 nitrogen and oxygen atoms in total. The van der Waals surface area contributed by atoms with Crippen LogP contribution in [0.1, 0.15) is 29.0 Å². The van der Waals surface area contributed by atoms with Crippen LogP contribution in [-0.2, 0) is 0 Å². The Morgan fingerprint density at radius 3 is 2.34 bits per heavy atom. The molecule has 0 unspecified atom stereocenters. The molecule has 1 heterocycles. The SMILES string of the molecule is COc1ccc([C@H](C)NC(=O)c2nn(-c3ccccc3)c3ccccc3c2=O)cc1OC. The van der Waals surface area contributed by atoms with E-state index in [2.05, 4.69) is 10.4 Å². The molecule has 0 spiro atoms. The maximum atomic E-state index is 13.1. The number of hydrogen-bond acceptors (Lipinski definition) is 5. The zero-order valence-corrected chi connectivity index (χ0v) is 18.0. The van der Waals surface area contributed by atoms with E-state index in [9.17, 15) is 9.59 Å². The fourth-order valence-corrected chi connectivity index (χ4v) is 3.56. The summed E-state index contributed by atoms with van der Waals surface area (Å²) >= 11 is 0. The van der Waals surface area contributed by atoms with Crippen LogP contribution in [0, 0.1) is 0 Å². The van der Waals surface area contributed by atoms with Crippen molar-refractivity contribution in [3.8, 4) is 17.2 Å². The third-order valence-electron chi connectivity index (χ3n) is 5.26. The highest BCUT2D eigenvalue weighted by Crippen LogP contribution is 2.30. The summed E-state index contributed by atoms with van der Waals surface area (Å²) in [5, 5.41) is 7.73. The number of amides is 1. The lowest BCUT2D eigenvalue weighted by molar-refractivity contribution is 0.0932. The van der Waals surface area contributed by atoms with Gasteiger partial charge in [0.2, 0.25) is 5.43 Å². The first-order valence-corrected chi connectivity index (χ1v) is 10.1. The van der Waals surface area contributed by atoms with Crippen LogP contribution < -0.4 is 20.2 Å². The third kappa shape index (κ3) is 3.92. The van der Waals surface area contributed by atoms with E-state index in [0.29, 0.717) is 22.4 Å². The molecule has 1 N–H and O–H groups in total. The molecule has 7 heteroatoms. The van der Waals surface area contributed by atoms with Gasteiger partial charge in [-0.05, 0) is 48.9 Å². The summed E-state index contributed by atoms with van der Waals surface area (Å²) in [6.07, 6.45) is 0. The zero-order valence-electron chi connectivity index (χ0n) is 18.0. The Morgan fingerprint density at radius 1 is 0.938 bits per heavy atom. The molecule has 1 amide bonds. The van der Waals surface area contributed by atoms with E-state index in [1.807, 2.05) is 55.5 Å². The lowest BCUT2D eigenvalue weighted by Gasteiger charge is -2.17. The van der Waals surface area contributed by atoms with Crippen LogP contribution in [0.4, 0.5) is 0 Å². The molecule has 0 saturated carbocycles. The van der Waals surface area contributed by atoms with E-state index >= 15 is 0 Å². The Bertz CT molecular complexity index is 1330. The summed E-state index contributed by atoms with van der Waals surface area (Å²) in [5.41, 5.74) is 1.61. The number of fused-ring (bicyclic) bond motifs is 1. The Balaban J connectivity index is 1.73.